The van der Waals surface area contributed by atoms with Crippen LogP contribution >= 0.6 is 0 Å². The molecule has 42 heavy (non-hydrogen) atoms. The molecule has 1 amide bonds. The minimum absolute atomic E-state index is 0.194. The first-order chi connectivity index (χ1) is 20.4. The number of pyridine rings is 2. The molecule has 1 aliphatic heterocycles. The van der Waals surface area contributed by atoms with Crippen LogP contribution in [0, 0.1) is 6.92 Å². The third-order valence-electron chi connectivity index (χ3n) is 7.84. The van der Waals surface area contributed by atoms with E-state index < -0.39 is 0 Å². The number of piperazine rings is 1. The van der Waals surface area contributed by atoms with Crippen LogP contribution in [0.2, 0.25) is 0 Å². The van der Waals surface area contributed by atoms with Gasteiger partial charge < -0.3 is 20.4 Å². The number of amides is 1. The second kappa shape index (κ2) is 13.8. The number of aryl methyl sites for hydroxylation is 1. The number of likely N-dealkylation sites (N-methyl/N-ethyl adjacent to an activating group) is 1. The van der Waals surface area contributed by atoms with Gasteiger partial charge in [-0.2, -0.15) is 5.10 Å². The molecule has 0 spiro atoms. The van der Waals surface area contributed by atoms with Gasteiger partial charge in [0.05, 0.1) is 24.1 Å². The standard InChI is InChI=1S/C32H42N8O2/c1-5-27(37-34-21-25-10-7-9-24(3)35-25)31-23(2)8-6-11-28(31)36-32(41)29-22-33-30-20-26(12-13-40(29)30)42-19-18-39-16-14-38(4)15-17-39/h7-10,12-13,20,22,34H,5-6,11,14-19,21H2,1-4H3,(H,36,41)/b37-27-. The normalized spacial score (nSPS) is 17.0. The zero-order chi connectivity index (χ0) is 29.5. The van der Waals surface area contributed by atoms with Gasteiger partial charge in [0, 0.05) is 62.0 Å². The highest BCUT2D eigenvalue weighted by molar-refractivity contribution is 6.05. The molecule has 0 radical (unpaired) electrons. The van der Waals surface area contributed by atoms with Crippen LogP contribution in [-0.2, 0) is 6.54 Å². The van der Waals surface area contributed by atoms with Crippen LogP contribution in [0.15, 0.2) is 70.7 Å². The molecule has 0 saturated carbocycles. The molecule has 2 aliphatic rings. The van der Waals surface area contributed by atoms with Gasteiger partial charge in [-0.3, -0.25) is 19.1 Å². The largest absolute Gasteiger partial charge is 0.492 e. The monoisotopic (exact) mass is 570 g/mol. The number of ether oxygens (including phenoxy) is 1. The number of rotatable bonds is 11. The smallest absolute Gasteiger partial charge is 0.274 e. The lowest BCUT2D eigenvalue weighted by Gasteiger charge is -2.32. The number of allylic oxidation sites excluding steroid dienone is 4. The average molecular weight is 571 g/mol. The summed E-state index contributed by atoms with van der Waals surface area (Å²) in [6, 6.07) is 9.74. The average Bonchev–Trinajstić information content (AvgIpc) is 3.41. The number of imidazole rings is 1. The first-order valence-electron chi connectivity index (χ1n) is 14.9. The highest BCUT2D eigenvalue weighted by Gasteiger charge is 2.22. The third kappa shape index (κ3) is 7.24. The van der Waals surface area contributed by atoms with Gasteiger partial charge in [0.15, 0.2) is 0 Å². The van der Waals surface area contributed by atoms with Crippen LogP contribution in [0.25, 0.3) is 5.65 Å². The van der Waals surface area contributed by atoms with Crippen molar-refractivity contribution in [2.24, 2.45) is 5.10 Å². The summed E-state index contributed by atoms with van der Waals surface area (Å²) >= 11 is 0. The van der Waals surface area contributed by atoms with Gasteiger partial charge in [0.1, 0.15) is 23.7 Å². The van der Waals surface area contributed by atoms with Gasteiger partial charge in [-0.05, 0) is 63.9 Å². The van der Waals surface area contributed by atoms with Crippen LogP contribution in [0.5, 0.6) is 5.75 Å². The highest BCUT2D eigenvalue weighted by atomic mass is 16.5. The fourth-order valence-corrected chi connectivity index (χ4v) is 5.44. The lowest BCUT2D eigenvalue weighted by Crippen LogP contribution is -2.45. The quantitative estimate of drug-likeness (QED) is 0.266. The Balaban J connectivity index is 1.26. The summed E-state index contributed by atoms with van der Waals surface area (Å²) in [5, 5.41) is 7.91. The van der Waals surface area contributed by atoms with E-state index in [1.165, 1.54) is 0 Å². The summed E-state index contributed by atoms with van der Waals surface area (Å²) in [4.78, 5) is 27.3. The van der Waals surface area contributed by atoms with E-state index in [9.17, 15) is 4.79 Å². The van der Waals surface area contributed by atoms with E-state index in [-0.39, 0.29) is 5.91 Å². The summed E-state index contributed by atoms with van der Waals surface area (Å²) < 4.78 is 7.83. The molecular weight excluding hydrogens is 528 g/mol. The molecular formula is C32H42N8O2. The summed E-state index contributed by atoms with van der Waals surface area (Å²) in [5.41, 5.74) is 10.1. The number of nitrogens with one attached hydrogen (secondary N) is 2. The van der Waals surface area contributed by atoms with E-state index >= 15 is 0 Å². The van der Waals surface area contributed by atoms with Crippen LogP contribution in [-0.4, -0.2) is 82.2 Å². The van der Waals surface area contributed by atoms with Gasteiger partial charge in [-0.1, -0.05) is 19.1 Å². The Morgan fingerprint density at radius 1 is 1.14 bits per heavy atom. The number of hydrogen-bond acceptors (Lipinski definition) is 8. The zero-order valence-corrected chi connectivity index (χ0v) is 25.2. The zero-order valence-electron chi connectivity index (χ0n) is 25.2. The second-order valence-corrected chi connectivity index (χ2v) is 11.0. The Labute approximate surface area is 248 Å². The van der Waals surface area contributed by atoms with Crippen molar-refractivity contribution in [3.8, 4) is 5.75 Å². The first-order valence-corrected chi connectivity index (χ1v) is 14.9. The topological polar surface area (TPSA) is 99.4 Å². The van der Waals surface area contributed by atoms with Crippen LogP contribution in [0.3, 0.4) is 0 Å². The lowest BCUT2D eigenvalue weighted by molar-refractivity contribution is 0.0958. The molecule has 10 heteroatoms. The number of fused-ring (bicyclic) bond motifs is 1. The maximum Gasteiger partial charge on any atom is 0.274 e. The van der Waals surface area contributed by atoms with Gasteiger partial charge in [0.25, 0.3) is 5.91 Å². The molecule has 10 nitrogen and oxygen atoms in total. The molecule has 0 unspecified atom stereocenters. The van der Waals surface area contributed by atoms with E-state index in [0.29, 0.717) is 24.5 Å². The van der Waals surface area contributed by atoms with Crippen molar-refractivity contribution >= 4 is 17.3 Å². The minimum Gasteiger partial charge on any atom is -0.492 e. The SMILES string of the molecule is CC/C(=N/NCc1cccc(C)n1)C1=C(NC(=O)c2cnc3cc(OCCN4CCN(C)CC4)ccn23)CCC=C1C. The summed E-state index contributed by atoms with van der Waals surface area (Å²) in [6.45, 7) is 12.5. The van der Waals surface area contributed by atoms with Gasteiger partial charge >= 0.3 is 0 Å². The molecule has 3 aromatic heterocycles. The maximum atomic E-state index is 13.5. The van der Waals surface area contributed by atoms with Crippen LogP contribution in [0.1, 0.15) is 55.0 Å². The molecule has 2 N–H and O–H groups in total. The van der Waals surface area contributed by atoms with E-state index in [2.05, 4.69) is 57.5 Å². The molecule has 0 atom stereocenters. The Morgan fingerprint density at radius 2 is 1.98 bits per heavy atom. The number of hydrazone groups is 1. The van der Waals surface area contributed by atoms with Crippen molar-refractivity contribution in [3.05, 3.63) is 82.7 Å². The first kappa shape index (κ1) is 29.5. The molecule has 4 heterocycles. The summed E-state index contributed by atoms with van der Waals surface area (Å²) in [5.74, 6) is 0.560. The predicted octanol–water partition coefficient (Wildman–Crippen LogP) is 3.94. The predicted molar refractivity (Wildman–Crippen MR) is 166 cm³/mol. The van der Waals surface area contributed by atoms with Crippen molar-refractivity contribution < 1.29 is 9.53 Å². The fourth-order valence-electron chi connectivity index (χ4n) is 5.44. The Bertz CT molecular complexity index is 1500. The number of carbonyl (C=O) groups excluding carboxylic acids is 1. The number of carbonyl (C=O) groups is 1. The molecule has 3 aromatic rings. The second-order valence-electron chi connectivity index (χ2n) is 11.0. The maximum absolute atomic E-state index is 13.5. The molecule has 0 aromatic carbocycles. The van der Waals surface area contributed by atoms with Crippen molar-refractivity contribution in [1.82, 2.24) is 34.9 Å². The van der Waals surface area contributed by atoms with Gasteiger partial charge in [-0.15, -0.1) is 0 Å². The van der Waals surface area contributed by atoms with Crippen molar-refractivity contribution in [1.29, 1.82) is 0 Å². The number of hydrogen-bond donors (Lipinski definition) is 2. The molecule has 1 fully saturated rings. The van der Waals surface area contributed by atoms with Crippen LogP contribution in [0.4, 0.5) is 0 Å². The fraction of sp³-hybridized carbons (Fsp3) is 0.438. The highest BCUT2D eigenvalue weighted by Crippen LogP contribution is 2.26. The molecule has 222 valence electrons. The minimum atomic E-state index is -0.194. The van der Waals surface area contributed by atoms with E-state index in [1.807, 2.05) is 43.5 Å². The molecule has 5 rings (SSSR count). The molecule has 0 bridgehead atoms. The Morgan fingerprint density at radius 3 is 2.76 bits per heavy atom. The van der Waals surface area contributed by atoms with Gasteiger partial charge in [-0.25, -0.2) is 4.98 Å². The van der Waals surface area contributed by atoms with E-state index in [1.54, 1.807) is 10.6 Å². The van der Waals surface area contributed by atoms with Crippen molar-refractivity contribution in [2.75, 3.05) is 46.4 Å². The van der Waals surface area contributed by atoms with Crippen molar-refractivity contribution in [2.45, 2.75) is 46.6 Å². The van der Waals surface area contributed by atoms with E-state index in [0.717, 1.165) is 91.7 Å². The number of nitrogens with zero attached hydrogens (tertiary/aromatic N) is 6. The van der Waals surface area contributed by atoms with Crippen LogP contribution < -0.4 is 15.5 Å². The van der Waals surface area contributed by atoms with E-state index in [4.69, 9.17) is 9.84 Å². The summed E-state index contributed by atoms with van der Waals surface area (Å²) in [7, 11) is 2.16. The Hall–Kier alpha value is -4.02. The Kier molecular flexibility index (Phi) is 9.66. The van der Waals surface area contributed by atoms with Gasteiger partial charge in [0.2, 0.25) is 0 Å². The molecule has 1 aliphatic carbocycles. The third-order valence-corrected chi connectivity index (χ3v) is 7.84. The summed E-state index contributed by atoms with van der Waals surface area (Å²) in [6.07, 6.45) is 8.00. The number of aromatic nitrogens is 3. The van der Waals surface area contributed by atoms with Crippen molar-refractivity contribution in [3.63, 3.8) is 0 Å². The molecule has 1 saturated heterocycles. The lowest BCUT2D eigenvalue weighted by atomic mass is 9.91.